The van der Waals surface area contributed by atoms with E-state index in [2.05, 4.69) is 9.97 Å². The first-order valence-corrected chi connectivity index (χ1v) is 8.81. The number of carbonyl (C=O) groups is 2. The zero-order valence-corrected chi connectivity index (χ0v) is 13.3. The highest BCUT2D eigenvalue weighted by Crippen LogP contribution is 2.31. The molecule has 1 aromatic heterocycles. The Kier molecular flexibility index (Phi) is 3.76. The maximum absolute atomic E-state index is 12.8. The highest BCUT2D eigenvalue weighted by atomic mass is 16.1. The Hall–Kier alpha value is -1.97. The fraction of sp³-hybridized carbons (Fsp3) is 0.526. The van der Waals surface area contributed by atoms with E-state index < -0.39 is 0 Å². The summed E-state index contributed by atoms with van der Waals surface area (Å²) in [6.07, 6.45) is 8.41. The van der Waals surface area contributed by atoms with Crippen molar-refractivity contribution in [1.82, 2.24) is 9.97 Å². The van der Waals surface area contributed by atoms with Crippen LogP contribution in [0.4, 0.5) is 0 Å². The first-order chi connectivity index (χ1) is 11.2. The number of rotatable bonds is 4. The van der Waals surface area contributed by atoms with Gasteiger partial charge in [0.05, 0.1) is 11.0 Å². The number of aromatic amines is 1. The molecule has 23 heavy (non-hydrogen) atoms. The number of carbonyl (C=O) groups excluding carboxylic acids is 2. The minimum Gasteiger partial charge on any atom is -0.335 e. The molecule has 2 aliphatic carbocycles. The molecule has 2 aliphatic rings. The van der Waals surface area contributed by atoms with Gasteiger partial charge in [0, 0.05) is 17.4 Å². The minimum absolute atomic E-state index is 0.101. The van der Waals surface area contributed by atoms with Crippen LogP contribution in [0.3, 0.4) is 0 Å². The van der Waals surface area contributed by atoms with Crippen molar-refractivity contribution >= 4 is 22.6 Å². The molecule has 0 saturated heterocycles. The van der Waals surface area contributed by atoms with E-state index in [0.29, 0.717) is 16.9 Å². The topological polar surface area (TPSA) is 62.8 Å². The first-order valence-electron chi connectivity index (χ1n) is 8.81. The van der Waals surface area contributed by atoms with Crippen molar-refractivity contribution in [2.45, 2.75) is 51.4 Å². The Morgan fingerprint density at radius 2 is 1.52 bits per heavy atom. The average molecular weight is 310 g/mol. The van der Waals surface area contributed by atoms with E-state index in [-0.39, 0.29) is 23.4 Å². The molecule has 0 atom stereocenters. The van der Waals surface area contributed by atoms with Crippen LogP contribution < -0.4 is 0 Å². The minimum atomic E-state index is 0.101. The summed E-state index contributed by atoms with van der Waals surface area (Å²) < 4.78 is 0. The normalized spacial score (nSPS) is 19.7. The van der Waals surface area contributed by atoms with Gasteiger partial charge in [-0.1, -0.05) is 31.7 Å². The Morgan fingerprint density at radius 3 is 2.17 bits per heavy atom. The second kappa shape index (κ2) is 5.91. The Balaban J connectivity index is 1.69. The number of imidazole rings is 1. The average Bonchev–Trinajstić information content (AvgIpc) is 3.33. The van der Waals surface area contributed by atoms with E-state index >= 15 is 0 Å². The summed E-state index contributed by atoms with van der Waals surface area (Å²) in [6.45, 7) is 0. The molecular weight excluding hydrogens is 288 g/mol. The summed E-state index contributed by atoms with van der Waals surface area (Å²) in [6, 6.07) is 5.64. The fourth-order valence-electron chi connectivity index (χ4n) is 4.14. The van der Waals surface area contributed by atoms with Crippen molar-refractivity contribution in [2.24, 2.45) is 11.8 Å². The number of nitrogens with one attached hydrogen (secondary N) is 1. The van der Waals surface area contributed by atoms with Crippen molar-refractivity contribution in [3.63, 3.8) is 0 Å². The van der Waals surface area contributed by atoms with E-state index in [1.54, 1.807) is 0 Å². The molecule has 0 bridgehead atoms. The van der Waals surface area contributed by atoms with Gasteiger partial charge in [-0.25, -0.2) is 4.98 Å². The predicted molar refractivity (Wildman–Crippen MR) is 88.7 cm³/mol. The van der Waals surface area contributed by atoms with E-state index in [4.69, 9.17) is 0 Å². The van der Waals surface area contributed by atoms with Gasteiger partial charge in [-0.15, -0.1) is 0 Å². The third kappa shape index (κ3) is 2.60. The molecule has 0 amide bonds. The van der Waals surface area contributed by atoms with E-state index in [9.17, 15) is 9.59 Å². The summed E-state index contributed by atoms with van der Waals surface area (Å²) in [4.78, 5) is 33.0. The molecule has 1 N–H and O–H groups in total. The number of hydrogen-bond acceptors (Lipinski definition) is 3. The van der Waals surface area contributed by atoms with Crippen molar-refractivity contribution in [1.29, 1.82) is 0 Å². The van der Waals surface area contributed by atoms with Crippen LogP contribution in [0.5, 0.6) is 0 Å². The molecule has 4 nitrogen and oxygen atoms in total. The molecule has 1 aromatic carbocycles. The number of para-hydroxylation sites is 1. The van der Waals surface area contributed by atoms with Crippen LogP contribution in [0.1, 0.15) is 72.3 Å². The van der Waals surface area contributed by atoms with Crippen molar-refractivity contribution < 1.29 is 9.59 Å². The van der Waals surface area contributed by atoms with Gasteiger partial charge >= 0.3 is 0 Å². The van der Waals surface area contributed by atoms with Crippen LogP contribution in [-0.2, 0) is 0 Å². The summed E-state index contributed by atoms with van der Waals surface area (Å²) >= 11 is 0. The molecule has 0 radical (unpaired) electrons. The number of hydrogen-bond donors (Lipinski definition) is 1. The van der Waals surface area contributed by atoms with Gasteiger partial charge in [0.2, 0.25) is 5.78 Å². The molecule has 0 aliphatic heterocycles. The predicted octanol–water partition coefficient (Wildman–Crippen LogP) is 4.31. The van der Waals surface area contributed by atoms with E-state index in [0.717, 1.165) is 56.9 Å². The Morgan fingerprint density at radius 1 is 0.913 bits per heavy atom. The second-order valence-corrected chi connectivity index (χ2v) is 6.98. The van der Waals surface area contributed by atoms with Crippen molar-refractivity contribution in [3.8, 4) is 0 Å². The lowest BCUT2D eigenvalue weighted by Crippen LogP contribution is -2.13. The lowest BCUT2D eigenvalue weighted by molar-refractivity contribution is 0.0908. The van der Waals surface area contributed by atoms with Crippen LogP contribution in [0.25, 0.3) is 11.0 Å². The van der Waals surface area contributed by atoms with Gasteiger partial charge in [0.15, 0.2) is 11.6 Å². The summed E-state index contributed by atoms with van der Waals surface area (Å²) in [5, 5.41) is 0. The molecule has 0 unspecified atom stereocenters. The highest BCUT2D eigenvalue weighted by Gasteiger charge is 2.28. The number of H-pyrrole nitrogens is 1. The van der Waals surface area contributed by atoms with Crippen molar-refractivity contribution in [2.75, 3.05) is 0 Å². The van der Waals surface area contributed by atoms with Crippen LogP contribution >= 0.6 is 0 Å². The number of ketones is 2. The number of Topliss-reactive ketones (excluding diaryl/α,β-unsaturated/α-hetero) is 2. The van der Waals surface area contributed by atoms with Gasteiger partial charge in [-0.05, 0) is 37.8 Å². The molecular formula is C19H22N2O2. The van der Waals surface area contributed by atoms with Gasteiger partial charge in [0.1, 0.15) is 0 Å². The SMILES string of the molecule is O=C(c1nc2c(C(=O)C3CCCC3)cccc2[nH]1)C1CCCC1. The molecule has 2 aromatic rings. The maximum Gasteiger partial charge on any atom is 0.201 e. The molecule has 2 fully saturated rings. The maximum atomic E-state index is 12.8. The zero-order valence-electron chi connectivity index (χ0n) is 13.3. The summed E-state index contributed by atoms with van der Waals surface area (Å²) in [7, 11) is 0. The van der Waals surface area contributed by atoms with E-state index in [1.165, 1.54) is 0 Å². The van der Waals surface area contributed by atoms with Gasteiger partial charge in [-0.2, -0.15) is 0 Å². The van der Waals surface area contributed by atoms with E-state index in [1.807, 2.05) is 18.2 Å². The zero-order chi connectivity index (χ0) is 15.8. The second-order valence-electron chi connectivity index (χ2n) is 6.98. The largest absolute Gasteiger partial charge is 0.335 e. The first kappa shape index (κ1) is 14.6. The lowest BCUT2D eigenvalue weighted by atomic mass is 9.95. The smallest absolute Gasteiger partial charge is 0.201 e. The monoisotopic (exact) mass is 310 g/mol. The van der Waals surface area contributed by atoms with Crippen LogP contribution in [-0.4, -0.2) is 21.5 Å². The summed E-state index contributed by atoms with van der Waals surface area (Å²) in [5.41, 5.74) is 2.15. The Bertz CT molecular complexity index is 750. The van der Waals surface area contributed by atoms with Gasteiger partial charge in [0.25, 0.3) is 0 Å². The number of aromatic nitrogens is 2. The van der Waals surface area contributed by atoms with Crippen LogP contribution in [0, 0.1) is 11.8 Å². The lowest BCUT2D eigenvalue weighted by Gasteiger charge is -2.08. The van der Waals surface area contributed by atoms with Gasteiger partial charge < -0.3 is 4.98 Å². The number of benzene rings is 1. The molecule has 2 saturated carbocycles. The summed E-state index contributed by atoms with van der Waals surface area (Å²) in [5.74, 6) is 0.965. The van der Waals surface area contributed by atoms with Gasteiger partial charge in [-0.3, -0.25) is 9.59 Å². The molecule has 4 rings (SSSR count). The third-order valence-electron chi connectivity index (χ3n) is 5.46. The third-order valence-corrected chi connectivity index (χ3v) is 5.46. The highest BCUT2D eigenvalue weighted by molar-refractivity contribution is 6.08. The molecule has 1 heterocycles. The Labute approximate surface area is 135 Å². The molecule has 120 valence electrons. The van der Waals surface area contributed by atoms with Crippen LogP contribution in [0.2, 0.25) is 0 Å². The quantitative estimate of drug-likeness (QED) is 0.856. The fourth-order valence-corrected chi connectivity index (χ4v) is 4.14. The van der Waals surface area contributed by atoms with Crippen molar-refractivity contribution in [3.05, 3.63) is 29.6 Å². The standard InChI is InChI=1S/C19H22N2O2/c22-17(12-6-1-2-7-12)14-10-5-11-15-16(14)21-19(20-15)18(23)13-8-3-4-9-13/h5,10-13H,1-4,6-9H2,(H,20,21). The number of nitrogens with zero attached hydrogens (tertiary/aromatic N) is 1. The molecule has 0 spiro atoms. The van der Waals surface area contributed by atoms with Crippen LogP contribution in [0.15, 0.2) is 18.2 Å². The molecule has 4 heteroatoms. The number of fused-ring (bicyclic) bond motifs is 1.